The van der Waals surface area contributed by atoms with Crippen molar-refractivity contribution < 1.29 is 4.74 Å². The molecule has 0 fully saturated rings. The maximum Gasteiger partial charge on any atom is 0.122 e. The Balaban J connectivity index is 1.87. The smallest absolute Gasteiger partial charge is 0.122 e. The van der Waals surface area contributed by atoms with Crippen molar-refractivity contribution in [3.05, 3.63) is 50.6 Å². The summed E-state index contributed by atoms with van der Waals surface area (Å²) in [6.45, 7) is 8.06. The standard InChI is InChI=1S/C16H20BrNOS/c1-16(2,3)18-10-14-7-8-15(20-14)11-19-13-6-4-5-12(17)9-13/h4-9,18H,10-11H2,1-3H3. The molecule has 2 rings (SSSR count). The number of benzene rings is 1. The van der Waals surface area contributed by atoms with Gasteiger partial charge in [0.2, 0.25) is 0 Å². The van der Waals surface area contributed by atoms with Crippen molar-refractivity contribution in [2.45, 2.75) is 39.5 Å². The van der Waals surface area contributed by atoms with Crippen LogP contribution in [0.2, 0.25) is 0 Å². The van der Waals surface area contributed by atoms with E-state index in [1.165, 1.54) is 9.75 Å². The second-order valence-corrected chi connectivity index (χ2v) is 7.89. The van der Waals surface area contributed by atoms with Gasteiger partial charge in [0.25, 0.3) is 0 Å². The fourth-order valence-corrected chi connectivity index (χ4v) is 2.91. The number of nitrogens with one attached hydrogen (secondary N) is 1. The molecule has 0 amide bonds. The molecule has 0 saturated carbocycles. The van der Waals surface area contributed by atoms with Crippen LogP contribution in [0, 0.1) is 0 Å². The summed E-state index contributed by atoms with van der Waals surface area (Å²) in [6, 6.07) is 12.2. The summed E-state index contributed by atoms with van der Waals surface area (Å²) in [5.41, 5.74) is 0.150. The van der Waals surface area contributed by atoms with Crippen molar-refractivity contribution in [3.63, 3.8) is 0 Å². The van der Waals surface area contributed by atoms with Gasteiger partial charge in [0.05, 0.1) is 0 Å². The molecule has 0 aliphatic heterocycles. The first-order chi connectivity index (χ1) is 9.42. The van der Waals surface area contributed by atoms with Gasteiger partial charge in [-0.05, 0) is 51.1 Å². The summed E-state index contributed by atoms with van der Waals surface area (Å²) in [5, 5.41) is 3.50. The molecule has 1 aromatic carbocycles. The number of rotatable bonds is 5. The van der Waals surface area contributed by atoms with Crippen molar-refractivity contribution in [3.8, 4) is 5.75 Å². The highest BCUT2D eigenvalue weighted by Crippen LogP contribution is 2.22. The quantitative estimate of drug-likeness (QED) is 0.818. The highest BCUT2D eigenvalue weighted by molar-refractivity contribution is 9.10. The second-order valence-electron chi connectivity index (χ2n) is 5.72. The molecule has 1 N–H and O–H groups in total. The molecule has 4 heteroatoms. The van der Waals surface area contributed by atoms with Crippen LogP contribution >= 0.6 is 27.3 Å². The minimum atomic E-state index is 0.150. The molecule has 2 aromatic rings. The molecule has 2 nitrogen and oxygen atoms in total. The molecule has 0 unspecified atom stereocenters. The summed E-state index contributed by atoms with van der Waals surface area (Å²) >= 11 is 5.24. The van der Waals surface area contributed by atoms with Crippen LogP contribution in [0.25, 0.3) is 0 Å². The SMILES string of the molecule is CC(C)(C)NCc1ccc(COc2cccc(Br)c2)s1. The van der Waals surface area contributed by atoms with Crippen molar-refractivity contribution in [2.24, 2.45) is 0 Å². The van der Waals surface area contributed by atoms with Gasteiger partial charge in [0.15, 0.2) is 0 Å². The molecule has 0 radical (unpaired) electrons. The van der Waals surface area contributed by atoms with Gasteiger partial charge in [-0.15, -0.1) is 11.3 Å². The zero-order valence-electron chi connectivity index (χ0n) is 12.1. The highest BCUT2D eigenvalue weighted by atomic mass is 79.9. The average Bonchev–Trinajstić information content (AvgIpc) is 2.81. The van der Waals surface area contributed by atoms with Crippen molar-refractivity contribution >= 4 is 27.3 Å². The Morgan fingerprint density at radius 2 is 1.90 bits per heavy atom. The Kier molecular flexibility index (Phi) is 5.24. The van der Waals surface area contributed by atoms with E-state index in [0.717, 1.165) is 16.8 Å². The minimum absolute atomic E-state index is 0.150. The van der Waals surface area contributed by atoms with E-state index >= 15 is 0 Å². The minimum Gasteiger partial charge on any atom is -0.488 e. The fraction of sp³-hybridized carbons (Fsp3) is 0.375. The molecular formula is C16H20BrNOS. The Morgan fingerprint density at radius 3 is 2.60 bits per heavy atom. The molecule has 1 aromatic heterocycles. The van der Waals surface area contributed by atoms with Crippen LogP contribution in [-0.4, -0.2) is 5.54 Å². The first kappa shape index (κ1) is 15.5. The summed E-state index contributed by atoms with van der Waals surface area (Å²) in [5.74, 6) is 0.891. The normalized spacial score (nSPS) is 11.6. The van der Waals surface area contributed by atoms with Gasteiger partial charge in [-0.1, -0.05) is 22.0 Å². The number of hydrogen-bond donors (Lipinski definition) is 1. The van der Waals surface area contributed by atoms with E-state index in [9.17, 15) is 0 Å². The molecule has 0 saturated heterocycles. The lowest BCUT2D eigenvalue weighted by atomic mass is 10.1. The number of ether oxygens (including phenoxy) is 1. The predicted molar refractivity (Wildman–Crippen MR) is 89.4 cm³/mol. The van der Waals surface area contributed by atoms with E-state index in [1.807, 2.05) is 24.3 Å². The first-order valence-electron chi connectivity index (χ1n) is 6.63. The zero-order chi connectivity index (χ0) is 14.6. The van der Waals surface area contributed by atoms with Crippen LogP contribution in [0.1, 0.15) is 30.5 Å². The monoisotopic (exact) mass is 353 g/mol. The van der Waals surface area contributed by atoms with Crippen molar-refractivity contribution in [2.75, 3.05) is 0 Å². The molecule has 0 spiro atoms. The number of thiophene rings is 1. The van der Waals surface area contributed by atoms with Crippen LogP contribution in [0.3, 0.4) is 0 Å². The number of halogens is 1. The van der Waals surface area contributed by atoms with Gasteiger partial charge in [0, 0.05) is 26.3 Å². The van der Waals surface area contributed by atoms with E-state index in [4.69, 9.17) is 4.74 Å². The third-order valence-electron chi connectivity index (χ3n) is 2.69. The first-order valence-corrected chi connectivity index (χ1v) is 8.24. The van der Waals surface area contributed by atoms with E-state index in [2.05, 4.69) is 54.2 Å². The molecule has 0 aliphatic carbocycles. The molecule has 0 aliphatic rings. The molecule has 108 valence electrons. The third kappa shape index (κ3) is 5.27. The van der Waals surface area contributed by atoms with Crippen LogP contribution in [0.4, 0.5) is 0 Å². The Bertz CT molecular complexity index is 560. The van der Waals surface area contributed by atoms with E-state index < -0.39 is 0 Å². The van der Waals surface area contributed by atoms with Gasteiger partial charge in [-0.2, -0.15) is 0 Å². The van der Waals surface area contributed by atoms with Gasteiger partial charge >= 0.3 is 0 Å². The largest absolute Gasteiger partial charge is 0.488 e. The summed E-state index contributed by atoms with van der Waals surface area (Å²) < 4.78 is 6.83. The highest BCUT2D eigenvalue weighted by Gasteiger charge is 2.09. The average molecular weight is 354 g/mol. The van der Waals surface area contributed by atoms with Gasteiger partial charge in [-0.3, -0.25) is 0 Å². The molecular weight excluding hydrogens is 334 g/mol. The van der Waals surface area contributed by atoms with Crippen molar-refractivity contribution in [1.82, 2.24) is 5.32 Å². The summed E-state index contributed by atoms with van der Waals surface area (Å²) in [6.07, 6.45) is 0. The zero-order valence-corrected chi connectivity index (χ0v) is 14.5. The van der Waals surface area contributed by atoms with Gasteiger partial charge in [-0.25, -0.2) is 0 Å². The van der Waals surface area contributed by atoms with Crippen LogP contribution < -0.4 is 10.1 Å². The third-order valence-corrected chi connectivity index (χ3v) is 4.24. The molecule has 0 bridgehead atoms. The topological polar surface area (TPSA) is 21.3 Å². The molecule has 0 atom stereocenters. The lowest BCUT2D eigenvalue weighted by molar-refractivity contribution is 0.309. The molecule has 1 heterocycles. The number of hydrogen-bond acceptors (Lipinski definition) is 3. The predicted octanol–water partition coefficient (Wildman–Crippen LogP) is 4.98. The Morgan fingerprint density at radius 1 is 1.15 bits per heavy atom. The van der Waals surface area contributed by atoms with Gasteiger partial charge in [0.1, 0.15) is 12.4 Å². The van der Waals surface area contributed by atoms with E-state index in [0.29, 0.717) is 6.61 Å². The van der Waals surface area contributed by atoms with E-state index in [1.54, 1.807) is 11.3 Å². The summed E-state index contributed by atoms with van der Waals surface area (Å²) in [4.78, 5) is 2.59. The summed E-state index contributed by atoms with van der Waals surface area (Å²) in [7, 11) is 0. The maximum absolute atomic E-state index is 5.79. The van der Waals surface area contributed by atoms with Crippen molar-refractivity contribution in [1.29, 1.82) is 0 Å². The lowest BCUT2D eigenvalue weighted by Crippen LogP contribution is -2.34. The maximum atomic E-state index is 5.79. The van der Waals surface area contributed by atoms with E-state index in [-0.39, 0.29) is 5.54 Å². The van der Waals surface area contributed by atoms with Crippen LogP contribution in [-0.2, 0) is 13.2 Å². The van der Waals surface area contributed by atoms with Gasteiger partial charge < -0.3 is 10.1 Å². The fourth-order valence-electron chi connectivity index (χ4n) is 1.66. The van der Waals surface area contributed by atoms with Crippen LogP contribution in [0.5, 0.6) is 5.75 Å². The van der Waals surface area contributed by atoms with Crippen LogP contribution in [0.15, 0.2) is 40.9 Å². The molecule has 20 heavy (non-hydrogen) atoms. The Labute approximate surface area is 133 Å². The lowest BCUT2D eigenvalue weighted by Gasteiger charge is -2.19. The Hall–Kier alpha value is -0.840. The second kappa shape index (κ2) is 6.74.